The maximum absolute atomic E-state index is 13.6. The molecule has 3 heteroatoms. The molecule has 1 aromatic heterocycles. The lowest BCUT2D eigenvalue weighted by Crippen LogP contribution is -2.06. The molecule has 0 spiro atoms. The van der Waals surface area contributed by atoms with Gasteiger partial charge in [0.2, 0.25) is 0 Å². The summed E-state index contributed by atoms with van der Waals surface area (Å²) in [5.74, 6) is -0.166. The van der Waals surface area contributed by atoms with Crippen molar-refractivity contribution in [1.82, 2.24) is 0 Å². The van der Waals surface area contributed by atoms with Gasteiger partial charge in [-0.1, -0.05) is 24.3 Å². The average molecular weight is 299 g/mol. The molecule has 0 aliphatic carbocycles. The molecule has 3 rings (SSSR count). The number of hydrogen-bond donors (Lipinski definition) is 1. The Hall–Kier alpha value is -1.87. The summed E-state index contributed by atoms with van der Waals surface area (Å²) in [5.41, 5.74) is 2.80. The molecule has 0 fully saturated rings. The Bertz CT molecular complexity index is 791. The molecule has 0 radical (unpaired) electrons. The monoisotopic (exact) mass is 299 g/mol. The number of anilines is 1. The third-order valence-corrected chi connectivity index (χ3v) is 5.28. The lowest BCUT2D eigenvalue weighted by Gasteiger charge is -2.15. The van der Waals surface area contributed by atoms with Crippen LogP contribution in [0, 0.1) is 19.7 Å². The van der Waals surface area contributed by atoms with E-state index in [0.717, 1.165) is 5.69 Å². The molecule has 1 atom stereocenters. The molecule has 0 aliphatic rings. The maximum Gasteiger partial charge on any atom is 0.128 e. The summed E-state index contributed by atoms with van der Waals surface area (Å²) in [6, 6.07) is 13.9. The minimum atomic E-state index is -0.166. The predicted molar refractivity (Wildman–Crippen MR) is 89.7 cm³/mol. The van der Waals surface area contributed by atoms with Gasteiger partial charge in [-0.05, 0) is 55.5 Å². The van der Waals surface area contributed by atoms with E-state index < -0.39 is 0 Å². The van der Waals surface area contributed by atoms with E-state index in [4.69, 9.17) is 0 Å². The number of hydrogen-bond acceptors (Lipinski definition) is 2. The highest BCUT2D eigenvalue weighted by Crippen LogP contribution is 2.35. The molecule has 2 aromatic carbocycles. The van der Waals surface area contributed by atoms with E-state index in [-0.39, 0.29) is 11.9 Å². The molecule has 0 saturated carbocycles. The van der Waals surface area contributed by atoms with Gasteiger partial charge in [0.05, 0.1) is 6.04 Å². The molecule has 1 nitrogen and oxygen atoms in total. The molecule has 108 valence electrons. The van der Waals surface area contributed by atoms with E-state index in [1.165, 1.54) is 20.5 Å². The fourth-order valence-electron chi connectivity index (χ4n) is 2.60. The zero-order valence-electron chi connectivity index (χ0n) is 12.4. The van der Waals surface area contributed by atoms with Crippen molar-refractivity contribution in [2.45, 2.75) is 26.8 Å². The summed E-state index contributed by atoms with van der Waals surface area (Å²) in [6.07, 6.45) is 0. The highest BCUT2D eigenvalue weighted by atomic mass is 32.1. The number of nitrogens with one attached hydrogen (secondary N) is 1. The van der Waals surface area contributed by atoms with E-state index in [1.807, 2.05) is 12.1 Å². The summed E-state index contributed by atoms with van der Waals surface area (Å²) in [5, 5.41) is 4.71. The van der Waals surface area contributed by atoms with Gasteiger partial charge >= 0.3 is 0 Å². The van der Waals surface area contributed by atoms with Gasteiger partial charge in [0.1, 0.15) is 5.82 Å². The number of benzene rings is 2. The molecular formula is C18H18FNS. The Morgan fingerprint density at radius 3 is 2.57 bits per heavy atom. The molecule has 1 N–H and O–H groups in total. The van der Waals surface area contributed by atoms with Crippen molar-refractivity contribution in [2.75, 3.05) is 5.32 Å². The van der Waals surface area contributed by atoms with Crippen LogP contribution in [0.4, 0.5) is 10.1 Å². The summed E-state index contributed by atoms with van der Waals surface area (Å²) in [7, 11) is 0. The topological polar surface area (TPSA) is 12.0 Å². The molecule has 0 aliphatic heterocycles. The van der Waals surface area contributed by atoms with E-state index >= 15 is 0 Å². The average Bonchev–Trinajstić information content (AvgIpc) is 2.81. The van der Waals surface area contributed by atoms with Crippen LogP contribution < -0.4 is 5.32 Å². The first-order chi connectivity index (χ1) is 10.1. The zero-order chi connectivity index (χ0) is 15.0. The number of halogens is 1. The van der Waals surface area contributed by atoms with Crippen LogP contribution in [0.2, 0.25) is 0 Å². The maximum atomic E-state index is 13.6. The molecule has 0 saturated heterocycles. The first kappa shape index (κ1) is 14.1. The Kier molecular flexibility index (Phi) is 3.68. The smallest absolute Gasteiger partial charge is 0.128 e. The Morgan fingerprint density at radius 1 is 1.10 bits per heavy atom. The molecule has 0 bridgehead atoms. The molecule has 1 unspecified atom stereocenters. The van der Waals surface area contributed by atoms with Crippen molar-refractivity contribution in [3.05, 3.63) is 64.3 Å². The highest BCUT2D eigenvalue weighted by Gasteiger charge is 2.14. The molecule has 3 aromatic rings. The summed E-state index contributed by atoms with van der Waals surface area (Å²) in [4.78, 5) is 1.30. The highest BCUT2D eigenvalue weighted by molar-refractivity contribution is 7.19. The van der Waals surface area contributed by atoms with Crippen LogP contribution in [0.1, 0.15) is 29.0 Å². The van der Waals surface area contributed by atoms with Gasteiger partial charge in [-0.25, -0.2) is 4.39 Å². The molecule has 21 heavy (non-hydrogen) atoms. The van der Waals surface area contributed by atoms with Crippen LogP contribution in [-0.2, 0) is 0 Å². The molecule has 0 amide bonds. The van der Waals surface area contributed by atoms with Gasteiger partial charge in [-0.3, -0.25) is 0 Å². The van der Waals surface area contributed by atoms with Crippen molar-refractivity contribution >= 4 is 27.1 Å². The fraction of sp³-hybridized carbons (Fsp3) is 0.222. The van der Waals surface area contributed by atoms with Crippen molar-refractivity contribution in [3.63, 3.8) is 0 Å². The standard InChI is InChI=1S/C18H18FNS/c1-11-8-9-14(10-16(11)19)20-13(3)18-12(2)15-6-4-5-7-17(15)21-18/h4-10,13,20H,1-3H3. The van der Waals surface area contributed by atoms with Crippen LogP contribution in [0.5, 0.6) is 0 Å². The van der Waals surface area contributed by atoms with E-state index in [2.05, 4.69) is 43.4 Å². The SMILES string of the molecule is Cc1ccc(NC(C)c2sc3ccccc3c2C)cc1F. The first-order valence-corrected chi connectivity index (χ1v) is 7.88. The van der Waals surface area contributed by atoms with Crippen molar-refractivity contribution in [2.24, 2.45) is 0 Å². The van der Waals surface area contributed by atoms with Gasteiger partial charge < -0.3 is 5.32 Å². The van der Waals surface area contributed by atoms with Gasteiger partial charge in [0, 0.05) is 15.3 Å². The van der Waals surface area contributed by atoms with Crippen LogP contribution in [0.25, 0.3) is 10.1 Å². The van der Waals surface area contributed by atoms with Crippen LogP contribution in [-0.4, -0.2) is 0 Å². The van der Waals surface area contributed by atoms with Gasteiger partial charge in [0.15, 0.2) is 0 Å². The summed E-state index contributed by atoms with van der Waals surface area (Å²) < 4.78 is 14.9. The predicted octanol–water partition coefficient (Wildman–Crippen LogP) is 5.83. The van der Waals surface area contributed by atoms with Crippen molar-refractivity contribution in [1.29, 1.82) is 0 Å². The van der Waals surface area contributed by atoms with Gasteiger partial charge in [-0.2, -0.15) is 0 Å². The molecule has 1 heterocycles. The third-order valence-electron chi connectivity index (χ3n) is 3.83. The Morgan fingerprint density at radius 2 is 1.86 bits per heavy atom. The first-order valence-electron chi connectivity index (χ1n) is 7.07. The van der Waals surface area contributed by atoms with Gasteiger partial charge in [-0.15, -0.1) is 11.3 Å². The summed E-state index contributed by atoms with van der Waals surface area (Å²) in [6.45, 7) is 6.05. The third kappa shape index (κ3) is 2.66. The minimum absolute atomic E-state index is 0.157. The minimum Gasteiger partial charge on any atom is -0.378 e. The lowest BCUT2D eigenvalue weighted by molar-refractivity contribution is 0.618. The van der Waals surface area contributed by atoms with Crippen LogP contribution in [0.15, 0.2) is 42.5 Å². The summed E-state index contributed by atoms with van der Waals surface area (Å²) >= 11 is 1.80. The normalized spacial score (nSPS) is 12.6. The Balaban J connectivity index is 1.91. The lowest BCUT2D eigenvalue weighted by atomic mass is 10.1. The van der Waals surface area contributed by atoms with E-state index in [1.54, 1.807) is 24.3 Å². The quantitative estimate of drug-likeness (QED) is 0.641. The number of rotatable bonds is 3. The second-order valence-electron chi connectivity index (χ2n) is 5.42. The second kappa shape index (κ2) is 5.49. The Labute approximate surface area is 128 Å². The van der Waals surface area contributed by atoms with Crippen LogP contribution >= 0.6 is 11.3 Å². The van der Waals surface area contributed by atoms with Crippen molar-refractivity contribution < 1.29 is 4.39 Å². The zero-order valence-corrected chi connectivity index (χ0v) is 13.2. The van der Waals surface area contributed by atoms with Crippen molar-refractivity contribution in [3.8, 4) is 0 Å². The van der Waals surface area contributed by atoms with Crippen LogP contribution in [0.3, 0.4) is 0 Å². The van der Waals surface area contributed by atoms with E-state index in [9.17, 15) is 4.39 Å². The fourth-order valence-corrected chi connectivity index (χ4v) is 3.82. The number of aryl methyl sites for hydroxylation is 2. The number of thiophene rings is 1. The second-order valence-corrected chi connectivity index (χ2v) is 6.50. The largest absolute Gasteiger partial charge is 0.378 e. The molecular weight excluding hydrogens is 281 g/mol. The van der Waals surface area contributed by atoms with Gasteiger partial charge in [0.25, 0.3) is 0 Å². The van der Waals surface area contributed by atoms with E-state index in [0.29, 0.717) is 5.56 Å². The number of fused-ring (bicyclic) bond motifs is 1.